The number of nitrogens with one attached hydrogen (secondary N) is 1. The van der Waals surface area contributed by atoms with Gasteiger partial charge in [-0.05, 0) is 72.8 Å². The van der Waals surface area contributed by atoms with Crippen LogP contribution in [0.4, 0.5) is 4.79 Å². The normalized spacial score (nSPS) is 19.2. The first kappa shape index (κ1) is 22.4. The quantitative estimate of drug-likeness (QED) is 0.784. The van der Waals surface area contributed by atoms with E-state index in [1.807, 2.05) is 52.0 Å². The Labute approximate surface area is 168 Å². The molecule has 1 N–H and O–H groups in total. The second-order valence-electron chi connectivity index (χ2n) is 9.34. The maximum Gasteiger partial charge on any atom is 0.494 e. The minimum atomic E-state index is -0.641. The van der Waals surface area contributed by atoms with E-state index in [4.69, 9.17) is 14.0 Å². The maximum atomic E-state index is 12.0. The van der Waals surface area contributed by atoms with Crippen LogP contribution >= 0.6 is 0 Å². The number of rotatable bonds is 5. The lowest BCUT2D eigenvalue weighted by Crippen LogP contribution is -2.44. The summed E-state index contributed by atoms with van der Waals surface area (Å²) in [4.78, 5) is 24.0. The van der Waals surface area contributed by atoms with Crippen molar-refractivity contribution in [2.45, 2.75) is 84.7 Å². The molecule has 1 aliphatic rings. The molecule has 0 radical (unpaired) electrons. The summed E-state index contributed by atoms with van der Waals surface area (Å²) in [6, 6.07) is 7.07. The molecule has 1 atom stereocenters. The summed E-state index contributed by atoms with van der Waals surface area (Å²) in [5, 5.41) is 2.65. The highest BCUT2D eigenvalue weighted by molar-refractivity contribution is 6.62. The van der Waals surface area contributed by atoms with Crippen molar-refractivity contribution < 1.29 is 23.6 Å². The predicted octanol–water partition coefficient (Wildman–Crippen LogP) is 3.01. The Morgan fingerprint density at radius 1 is 1.07 bits per heavy atom. The molecule has 1 aromatic carbocycles. The number of Topliss-reactive ketones (excluding diaryl/α,β-unsaturated/α-hetero) is 1. The molecular formula is C21H32BNO5. The third-order valence-corrected chi connectivity index (χ3v) is 5.13. The first-order valence-electron chi connectivity index (χ1n) is 9.65. The first-order valence-corrected chi connectivity index (χ1v) is 9.65. The Morgan fingerprint density at radius 2 is 1.57 bits per heavy atom. The second-order valence-corrected chi connectivity index (χ2v) is 9.34. The molecule has 0 aliphatic carbocycles. The van der Waals surface area contributed by atoms with Crippen LogP contribution in [0.5, 0.6) is 0 Å². The lowest BCUT2D eigenvalue weighted by Gasteiger charge is -2.32. The fraction of sp³-hybridized carbons (Fsp3) is 0.619. The van der Waals surface area contributed by atoms with Gasteiger partial charge in [0, 0.05) is 0 Å². The molecule has 0 aromatic heterocycles. The molecule has 6 nitrogen and oxygen atoms in total. The fourth-order valence-corrected chi connectivity index (χ4v) is 2.77. The van der Waals surface area contributed by atoms with Crippen molar-refractivity contribution >= 4 is 24.5 Å². The number of carbonyl (C=O) groups is 2. The van der Waals surface area contributed by atoms with Crippen molar-refractivity contribution in [3.63, 3.8) is 0 Å². The molecule has 0 spiro atoms. The van der Waals surface area contributed by atoms with E-state index in [-0.39, 0.29) is 5.78 Å². The molecule has 7 heteroatoms. The smallest absolute Gasteiger partial charge is 0.444 e. The minimum absolute atomic E-state index is 0.124. The first-order chi connectivity index (χ1) is 12.7. The molecule has 154 valence electrons. The lowest BCUT2D eigenvalue weighted by molar-refractivity contribution is -0.119. The Hall–Kier alpha value is -1.86. The van der Waals surface area contributed by atoms with Gasteiger partial charge < -0.3 is 19.4 Å². The van der Waals surface area contributed by atoms with Crippen LogP contribution in [0.15, 0.2) is 24.3 Å². The van der Waals surface area contributed by atoms with Gasteiger partial charge in [-0.3, -0.25) is 4.79 Å². The number of benzene rings is 1. The maximum absolute atomic E-state index is 12.0. The number of amides is 1. The molecule has 1 unspecified atom stereocenters. The van der Waals surface area contributed by atoms with Crippen LogP contribution in [0, 0.1) is 0 Å². The SMILES string of the molecule is CC(=O)C(Cc1ccc(B2OC(C)(C)C(C)(C)O2)cc1)NC(=O)OC(C)(C)C. The number of ketones is 1. The molecule has 1 aromatic rings. The summed E-state index contributed by atoms with van der Waals surface area (Å²) in [6.45, 7) is 14.9. The Balaban J connectivity index is 2.04. The molecule has 28 heavy (non-hydrogen) atoms. The van der Waals surface area contributed by atoms with Crippen molar-refractivity contribution in [3.05, 3.63) is 29.8 Å². The van der Waals surface area contributed by atoms with E-state index in [1.54, 1.807) is 20.8 Å². The number of hydrogen-bond acceptors (Lipinski definition) is 5. The number of hydrogen-bond donors (Lipinski definition) is 1. The van der Waals surface area contributed by atoms with Gasteiger partial charge in [-0.25, -0.2) is 4.79 Å². The predicted molar refractivity (Wildman–Crippen MR) is 110 cm³/mol. The van der Waals surface area contributed by atoms with E-state index in [9.17, 15) is 9.59 Å². The van der Waals surface area contributed by atoms with E-state index in [2.05, 4.69) is 5.32 Å². The summed E-state index contributed by atoms with van der Waals surface area (Å²) < 4.78 is 17.4. The number of carbonyl (C=O) groups excluding carboxylic acids is 2. The van der Waals surface area contributed by atoms with Gasteiger partial charge in [0.25, 0.3) is 0 Å². The van der Waals surface area contributed by atoms with Crippen LogP contribution in [-0.4, -0.2) is 41.8 Å². The highest BCUT2D eigenvalue weighted by Crippen LogP contribution is 2.36. The van der Waals surface area contributed by atoms with Gasteiger partial charge in [-0.1, -0.05) is 24.3 Å². The van der Waals surface area contributed by atoms with E-state index < -0.39 is 36.1 Å². The average Bonchev–Trinajstić information content (AvgIpc) is 2.73. The van der Waals surface area contributed by atoms with Crippen molar-refractivity contribution in [1.82, 2.24) is 5.32 Å². The zero-order chi connectivity index (χ0) is 21.3. The van der Waals surface area contributed by atoms with Crippen LogP contribution in [0.2, 0.25) is 0 Å². The van der Waals surface area contributed by atoms with Gasteiger partial charge in [0.2, 0.25) is 0 Å². The van der Waals surface area contributed by atoms with Gasteiger partial charge in [0.1, 0.15) is 5.60 Å². The Kier molecular flexibility index (Phi) is 6.31. The van der Waals surface area contributed by atoms with Crippen molar-refractivity contribution in [3.8, 4) is 0 Å². The molecule has 1 aliphatic heterocycles. The lowest BCUT2D eigenvalue weighted by atomic mass is 9.78. The van der Waals surface area contributed by atoms with Gasteiger partial charge in [0.15, 0.2) is 5.78 Å². The summed E-state index contributed by atoms with van der Waals surface area (Å²) in [7, 11) is -0.428. The summed E-state index contributed by atoms with van der Waals surface area (Å²) in [5.41, 5.74) is 0.440. The zero-order valence-corrected chi connectivity index (χ0v) is 18.2. The number of alkyl carbamates (subject to hydrolysis) is 1. The highest BCUT2D eigenvalue weighted by Gasteiger charge is 2.51. The average molecular weight is 389 g/mol. The van der Waals surface area contributed by atoms with Crippen LogP contribution in [0.1, 0.15) is 61.0 Å². The monoisotopic (exact) mass is 389 g/mol. The van der Waals surface area contributed by atoms with Gasteiger partial charge in [-0.15, -0.1) is 0 Å². The number of ether oxygens (including phenoxy) is 1. The molecule has 1 saturated heterocycles. The molecule has 1 amide bonds. The van der Waals surface area contributed by atoms with E-state index in [0.29, 0.717) is 6.42 Å². The Morgan fingerprint density at radius 3 is 2.00 bits per heavy atom. The molecular weight excluding hydrogens is 357 g/mol. The van der Waals surface area contributed by atoms with Gasteiger partial charge >= 0.3 is 13.2 Å². The second kappa shape index (κ2) is 7.87. The largest absolute Gasteiger partial charge is 0.494 e. The van der Waals surface area contributed by atoms with Crippen LogP contribution in [0.25, 0.3) is 0 Å². The van der Waals surface area contributed by atoms with Crippen molar-refractivity contribution in [2.24, 2.45) is 0 Å². The van der Waals surface area contributed by atoms with E-state index in [1.165, 1.54) is 6.92 Å². The Bertz CT molecular complexity index is 705. The minimum Gasteiger partial charge on any atom is -0.444 e. The van der Waals surface area contributed by atoms with Crippen LogP contribution < -0.4 is 10.8 Å². The fourth-order valence-electron chi connectivity index (χ4n) is 2.77. The van der Waals surface area contributed by atoms with Crippen LogP contribution in [-0.2, 0) is 25.3 Å². The molecule has 0 saturated carbocycles. The van der Waals surface area contributed by atoms with Crippen molar-refractivity contribution in [1.29, 1.82) is 0 Å². The third-order valence-electron chi connectivity index (χ3n) is 5.13. The summed E-state index contributed by atoms with van der Waals surface area (Å²) in [5.74, 6) is -0.124. The van der Waals surface area contributed by atoms with Gasteiger partial charge in [-0.2, -0.15) is 0 Å². The highest BCUT2D eigenvalue weighted by atomic mass is 16.7. The van der Waals surface area contributed by atoms with E-state index >= 15 is 0 Å². The molecule has 1 fully saturated rings. The molecule has 2 rings (SSSR count). The van der Waals surface area contributed by atoms with Crippen molar-refractivity contribution in [2.75, 3.05) is 0 Å². The molecule has 0 bridgehead atoms. The zero-order valence-electron chi connectivity index (χ0n) is 18.2. The molecule has 1 heterocycles. The third kappa shape index (κ3) is 5.58. The standard InChI is InChI=1S/C21H32BNO5/c1-14(24)17(23-18(25)26-19(2,3)4)13-15-9-11-16(12-10-15)22-27-20(5,6)21(7,8)28-22/h9-12,17H,13H2,1-8H3,(H,23,25). The topological polar surface area (TPSA) is 73.9 Å². The summed E-state index contributed by atoms with van der Waals surface area (Å²) >= 11 is 0. The van der Waals surface area contributed by atoms with Crippen LogP contribution in [0.3, 0.4) is 0 Å². The summed E-state index contributed by atoms with van der Waals surface area (Å²) in [6.07, 6.45) is -0.209. The van der Waals surface area contributed by atoms with Gasteiger partial charge in [0.05, 0.1) is 17.2 Å². The van der Waals surface area contributed by atoms with E-state index in [0.717, 1.165) is 11.0 Å².